The minimum atomic E-state index is -0.957. The van der Waals surface area contributed by atoms with E-state index in [1.807, 2.05) is 29.1 Å². The van der Waals surface area contributed by atoms with Gasteiger partial charge in [0, 0.05) is 12.4 Å². The number of nitrogens with zero attached hydrogens (tertiary/aromatic N) is 1. The Balaban J connectivity index is 2.25. The summed E-state index contributed by atoms with van der Waals surface area (Å²) < 4.78 is 6.95. The lowest BCUT2D eigenvalue weighted by Gasteiger charge is -2.00. The molecule has 0 unspecified atom stereocenters. The number of aromatic nitrogens is 1. The standard InChI is InChI=1S/C10H9NO3/c12-10(13)8-3-6-14-9(8)7-11-4-1-2-5-11/h1-6H,7H2,(H,12,13). The van der Waals surface area contributed by atoms with Gasteiger partial charge in [0.1, 0.15) is 11.3 Å². The summed E-state index contributed by atoms with van der Waals surface area (Å²) in [6, 6.07) is 5.22. The summed E-state index contributed by atoms with van der Waals surface area (Å²) in [6.07, 6.45) is 5.10. The van der Waals surface area contributed by atoms with Crippen LogP contribution in [0.5, 0.6) is 0 Å². The summed E-state index contributed by atoms with van der Waals surface area (Å²) in [7, 11) is 0. The highest BCUT2D eigenvalue weighted by atomic mass is 16.4. The largest absolute Gasteiger partial charge is 0.478 e. The Kier molecular flexibility index (Phi) is 2.10. The maximum atomic E-state index is 10.7. The van der Waals surface area contributed by atoms with E-state index < -0.39 is 5.97 Å². The minimum Gasteiger partial charge on any atom is -0.478 e. The maximum Gasteiger partial charge on any atom is 0.339 e. The summed E-state index contributed by atoms with van der Waals surface area (Å²) in [5.41, 5.74) is 0.221. The molecule has 2 heterocycles. The van der Waals surface area contributed by atoms with E-state index in [-0.39, 0.29) is 5.56 Å². The lowest BCUT2D eigenvalue weighted by molar-refractivity contribution is 0.0694. The van der Waals surface area contributed by atoms with Crippen LogP contribution in [0.3, 0.4) is 0 Å². The molecule has 0 aliphatic rings. The number of furan rings is 1. The zero-order chi connectivity index (χ0) is 9.97. The summed E-state index contributed by atoms with van der Waals surface area (Å²) in [4.78, 5) is 10.7. The number of carboxylic acids is 1. The second kappa shape index (κ2) is 3.41. The SMILES string of the molecule is O=C(O)c1ccoc1Cn1cccc1. The fraction of sp³-hybridized carbons (Fsp3) is 0.100. The Morgan fingerprint density at radius 1 is 1.43 bits per heavy atom. The molecule has 0 radical (unpaired) electrons. The van der Waals surface area contributed by atoms with Crippen LogP contribution in [0.2, 0.25) is 0 Å². The van der Waals surface area contributed by atoms with Gasteiger partial charge in [-0.3, -0.25) is 0 Å². The lowest BCUT2D eigenvalue weighted by Crippen LogP contribution is -2.02. The maximum absolute atomic E-state index is 10.7. The number of carbonyl (C=O) groups is 1. The van der Waals surface area contributed by atoms with Crippen LogP contribution in [0.25, 0.3) is 0 Å². The van der Waals surface area contributed by atoms with Gasteiger partial charge in [-0.2, -0.15) is 0 Å². The Bertz CT molecular complexity index is 428. The molecule has 0 aliphatic carbocycles. The predicted molar refractivity (Wildman–Crippen MR) is 49.2 cm³/mol. The van der Waals surface area contributed by atoms with Gasteiger partial charge in [0.25, 0.3) is 0 Å². The monoisotopic (exact) mass is 191 g/mol. The number of rotatable bonds is 3. The topological polar surface area (TPSA) is 55.4 Å². The first kappa shape index (κ1) is 8.62. The summed E-state index contributed by atoms with van der Waals surface area (Å²) in [6.45, 7) is 0.446. The van der Waals surface area contributed by atoms with Gasteiger partial charge in [-0.15, -0.1) is 0 Å². The van der Waals surface area contributed by atoms with E-state index >= 15 is 0 Å². The molecule has 1 N–H and O–H groups in total. The first-order chi connectivity index (χ1) is 6.77. The molecule has 4 heteroatoms. The van der Waals surface area contributed by atoms with Crippen molar-refractivity contribution < 1.29 is 14.3 Å². The van der Waals surface area contributed by atoms with E-state index in [0.29, 0.717) is 12.3 Å². The first-order valence-corrected chi connectivity index (χ1v) is 4.18. The molecule has 0 aromatic carbocycles. The normalized spacial score (nSPS) is 10.3. The Morgan fingerprint density at radius 3 is 2.79 bits per heavy atom. The second-order valence-electron chi connectivity index (χ2n) is 2.92. The molecule has 0 spiro atoms. The van der Waals surface area contributed by atoms with Gasteiger partial charge in [0.15, 0.2) is 0 Å². The Hall–Kier alpha value is -1.97. The smallest absolute Gasteiger partial charge is 0.339 e. The van der Waals surface area contributed by atoms with Crippen LogP contribution >= 0.6 is 0 Å². The number of hydrogen-bond donors (Lipinski definition) is 1. The van der Waals surface area contributed by atoms with Crippen molar-refractivity contribution in [3.63, 3.8) is 0 Å². The van der Waals surface area contributed by atoms with Crippen molar-refractivity contribution in [3.05, 3.63) is 48.2 Å². The van der Waals surface area contributed by atoms with Crippen LogP contribution in [-0.4, -0.2) is 15.6 Å². The number of hydrogen-bond acceptors (Lipinski definition) is 2. The van der Waals surface area contributed by atoms with Crippen LogP contribution in [0.1, 0.15) is 16.1 Å². The first-order valence-electron chi connectivity index (χ1n) is 4.18. The second-order valence-corrected chi connectivity index (χ2v) is 2.92. The molecule has 0 bridgehead atoms. The average Bonchev–Trinajstić information content (AvgIpc) is 2.75. The van der Waals surface area contributed by atoms with Crippen LogP contribution in [0, 0.1) is 0 Å². The van der Waals surface area contributed by atoms with Gasteiger partial charge in [-0.1, -0.05) is 0 Å². The van der Waals surface area contributed by atoms with Crippen molar-refractivity contribution in [2.24, 2.45) is 0 Å². The molecule has 0 amide bonds. The average molecular weight is 191 g/mol. The molecule has 4 nitrogen and oxygen atoms in total. The highest BCUT2D eigenvalue weighted by molar-refractivity contribution is 5.88. The third-order valence-electron chi connectivity index (χ3n) is 1.97. The fourth-order valence-electron chi connectivity index (χ4n) is 1.30. The Morgan fingerprint density at radius 2 is 2.14 bits per heavy atom. The van der Waals surface area contributed by atoms with Crippen molar-refractivity contribution in [1.29, 1.82) is 0 Å². The van der Waals surface area contributed by atoms with E-state index in [1.54, 1.807) is 0 Å². The molecule has 2 rings (SSSR count). The van der Waals surface area contributed by atoms with Crippen LogP contribution in [0.15, 0.2) is 41.3 Å². The van der Waals surface area contributed by atoms with Gasteiger partial charge in [0.2, 0.25) is 0 Å². The van der Waals surface area contributed by atoms with Crippen molar-refractivity contribution in [3.8, 4) is 0 Å². The van der Waals surface area contributed by atoms with Crippen LogP contribution in [-0.2, 0) is 6.54 Å². The molecule has 0 fully saturated rings. The molecular weight excluding hydrogens is 182 g/mol. The minimum absolute atomic E-state index is 0.221. The Labute approximate surface area is 80.4 Å². The van der Waals surface area contributed by atoms with Crippen molar-refractivity contribution in [1.82, 2.24) is 4.57 Å². The number of aromatic carboxylic acids is 1. The molecule has 2 aromatic heterocycles. The zero-order valence-corrected chi connectivity index (χ0v) is 7.38. The summed E-state index contributed by atoms with van der Waals surface area (Å²) in [5, 5.41) is 8.81. The van der Waals surface area contributed by atoms with Crippen molar-refractivity contribution in [2.75, 3.05) is 0 Å². The molecule has 0 atom stereocenters. The summed E-state index contributed by atoms with van der Waals surface area (Å²) in [5.74, 6) is -0.491. The van der Waals surface area contributed by atoms with Gasteiger partial charge in [-0.25, -0.2) is 4.79 Å². The van der Waals surface area contributed by atoms with Crippen molar-refractivity contribution >= 4 is 5.97 Å². The third-order valence-corrected chi connectivity index (χ3v) is 1.97. The molecule has 14 heavy (non-hydrogen) atoms. The van der Waals surface area contributed by atoms with E-state index in [1.165, 1.54) is 12.3 Å². The lowest BCUT2D eigenvalue weighted by atomic mass is 10.2. The summed E-state index contributed by atoms with van der Waals surface area (Å²) >= 11 is 0. The molecule has 0 saturated carbocycles. The zero-order valence-electron chi connectivity index (χ0n) is 7.38. The van der Waals surface area contributed by atoms with Gasteiger partial charge >= 0.3 is 5.97 Å². The highest BCUT2D eigenvalue weighted by Crippen LogP contribution is 2.12. The highest BCUT2D eigenvalue weighted by Gasteiger charge is 2.12. The third kappa shape index (κ3) is 1.54. The van der Waals surface area contributed by atoms with Gasteiger partial charge in [0.05, 0.1) is 12.8 Å². The van der Waals surface area contributed by atoms with Gasteiger partial charge in [-0.05, 0) is 18.2 Å². The quantitative estimate of drug-likeness (QED) is 0.805. The fourth-order valence-corrected chi connectivity index (χ4v) is 1.30. The number of carboxylic acid groups (broad SMARTS) is 1. The van der Waals surface area contributed by atoms with Crippen molar-refractivity contribution in [2.45, 2.75) is 6.54 Å². The van der Waals surface area contributed by atoms with E-state index in [9.17, 15) is 4.79 Å². The van der Waals surface area contributed by atoms with E-state index in [0.717, 1.165) is 0 Å². The van der Waals surface area contributed by atoms with Gasteiger partial charge < -0.3 is 14.1 Å². The van der Waals surface area contributed by atoms with E-state index in [4.69, 9.17) is 9.52 Å². The molecule has 0 aliphatic heterocycles. The van der Waals surface area contributed by atoms with Crippen LogP contribution < -0.4 is 0 Å². The van der Waals surface area contributed by atoms with E-state index in [2.05, 4.69) is 0 Å². The van der Waals surface area contributed by atoms with Crippen LogP contribution in [0.4, 0.5) is 0 Å². The molecule has 72 valence electrons. The predicted octanol–water partition coefficient (Wildman–Crippen LogP) is 1.83. The molecule has 0 saturated heterocycles. The molecule has 2 aromatic rings. The molecular formula is C10H9NO3.